The van der Waals surface area contributed by atoms with Crippen molar-refractivity contribution in [2.45, 2.75) is 31.2 Å². The SMILES string of the molecule is O=C(NCc1cccnc1)C1(c2ccccc2)CCC1. The highest BCUT2D eigenvalue weighted by molar-refractivity contribution is 5.89. The van der Waals surface area contributed by atoms with Gasteiger partial charge in [-0.1, -0.05) is 42.8 Å². The molecule has 3 rings (SSSR count). The molecule has 1 heterocycles. The molecule has 0 radical (unpaired) electrons. The Balaban J connectivity index is 1.72. The molecule has 1 saturated carbocycles. The zero-order chi connectivity index (χ0) is 13.8. The minimum Gasteiger partial charge on any atom is -0.351 e. The Morgan fingerprint density at radius 3 is 2.55 bits per heavy atom. The molecule has 1 amide bonds. The van der Waals surface area contributed by atoms with E-state index in [1.54, 1.807) is 12.4 Å². The zero-order valence-corrected chi connectivity index (χ0v) is 11.4. The van der Waals surface area contributed by atoms with Crippen LogP contribution < -0.4 is 5.32 Å². The highest BCUT2D eigenvalue weighted by Crippen LogP contribution is 2.43. The number of benzene rings is 1. The van der Waals surface area contributed by atoms with Crippen molar-refractivity contribution in [1.29, 1.82) is 0 Å². The first-order valence-corrected chi connectivity index (χ1v) is 7.04. The molecular weight excluding hydrogens is 248 g/mol. The van der Waals surface area contributed by atoms with Gasteiger partial charge in [-0.2, -0.15) is 0 Å². The molecule has 2 aromatic rings. The van der Waals surface area contributed by atoms with E-state index in [4.69, 9.17) is 0 Å². The Morgan fingerprint density at radius 2 is 1.95 bits per heavy atom. The molecule has 0 aliphatic heterocycles. The zero-order valence-electron chi connectivity index (χ0n) is 11.4. The molecule has 1 aromatic heterocycles. The van der Waals surface area contributed by atoms with Gasteiger partial charge in [0.25, 0.3) is 0 Å². The maximum absolute atomic E-state index is 12.6. The fourth-order valence-corrected chi connectivity index (χ4v) is 2.79. The van der Waals surface area contributed by atoms with E-state index in [0.29, 0.717) is 6.54 Å². The number of nitrogens with one attached hydrogen (secondary N) is 1. The second-order valence-corrected chi connectivity index (χ2v) is 5.35. The van der Waals surface area contributed by atoms with Crippen molar-refractivity contribution in [2.75, 3.05) is 0 Å². The lowest BCUT2D eigenvalue weighted by atomic mass is 9.64. The minimum atomic E-state index is -0.316. The van der Waals surface area contributed by atoms with E-state index < -0.39 is 0 Å². The Kier molecular flexibility index (Phi) is 3.50. The van der Waals surface area contributed by atoms with Gasteiger partial charge in [-0.3, -0.25) is 9.78 Å². The maximum atomic E-state index is 12.6. The van der Waals surface area contributed by atoms with Crippen molar-refractivity contribution in [3.8, 4) is 0 Å². The van der Waals surface area contributed by atoms with Gasteiger partial charge in [-0.25, -0.2) is 0 Å². The summed E-state index contributed by atoms with van der Waals surface area (Å²) >= 11 is 0. The first-order chi connectivity index (χ1) is 9.81. The Morgan fingerprint density at radius 1 is 1.15 bits per heavy atom. The standard InChI is InChI=1S/C17H18N2O/c20-16(19-13-14-6-4-11-18-12-14)17(9-5-10-17)15-7-2-1-3-8-15/h1-4,6-8,11-12H,5,9-10,13H2,(H,19,20). The van der Waals surface area contributed by atoms with Crippen LogP contribution in [0.25, 0.3) is 0 Å². The molecule has 102 valence electrons. The van der Waals surface area contributed by atoms with Crippen LogP contribution in [0.15, 0.2) is 54.9 Å². The van der Waals surface area contributed by atoms with Crippen LogP contribution in [-0.2, 0) is 16.8 Å². The molecule has 1 aromatic carbocycles. The van der Waals surface area contributed by atoms with Crippen molar-refractivity contribution < 1.29 is 4.79 Å². The largest absolute Gasteiger partial charge is 0.351 e. The van der Waals surface area contributed by atoms with Crippen LogP contribution in [0.5, 0.6) is 0 Å². The fraction of sp³-hybridized carbons (Fsp3) is 0.294. The molecular formula is C17H18N2O. The number of aromatic nitrogens is 1. The van der Waals surface area contributed by atoms with Crippen LogP contribution in [-0.4, -0.2) is 10.9 Å². The van der Waals surface area contributed by atoms with Crippen molar-refractivity contribution in [3.05, 3.63) is 66.0 Å². The predicted molar refractivity (Wildman–Crippen MR) is 78.1 cm³/mol. The van der Waals surface area contributed by atoms with Crippen LogP contribution in [0.3, 0.4) is 0 Å². The van der Waals surface area contributed by atoms with E-state index in [9.17, 15) is 4.79 Å². The van der Waals surface area contributed by atoms with Crippen LogP contribution in [0.4, 0.5) is 0 Å². The first kappa shape index (κ1) is 12.9. The van der Waals surface area contributed by atoms with Crippen molar-refractivity contribution in [2.24, 2.45) is 0 Å². The molecule has 1 N–H and O–H groups in total. The summed E-state index contributed by atoms with van der Waals surface area (Å²) in [5.74, 6) is 0.138. The molecule has 1 fully saturated rings. The Bertz CT molecular complexity index is 576. The highest BCUT2D eigenvalue weighted by atomic mass is 16.2. The number of carbonyl (C=O) groups is 1. The molecule has 0 saturated heterocycles. The van der Waals surface area contributed by atoms with Gasteiger partial charge in [0.05, 0.1) is 5.41 Å². The van der Waals surface area contributed by atoms with Crippen molar-refractivity contribution >= 4 is 5.91 Å². The summed E-state index contributed by atoms with van der Waals surface area (Å²) in [6.45, 7) is 0.543. The van der Waals surface area contributed by atoms with Crippen LogP contribution in [0.1, 0.15) is 30.4 Å². The van der Waals surface area contributed by atoms with Gasteiger partial charge in [-0.15, -0.1) is 0 Å². The smallest absolute Gasteiger partial charge is 0.230 e. The number of rotatable bonds is 4. The molecule has 0 unspecified atom stereocenters. The van der Waals surface area contributed by atoms with Crippen LogP contribution >= 0.6 is 0 Å². The Hall–Kier alpha value is -2.16. The van der Waals surface area contributed by atoms with Crippen LogP contribution in [0, 0.1) is 0 Å². The summed E-state index contributed by atoms with van der Waals surface area (Å²) in [5, 5.41) is 3.06. The van der Waals surface area contributed by atoms with Crippen LogP contribution in [0.2, 0.25) is 0 Å². The average molecular weight is 266 g/mol. The van der Waals surface area contributed by atoms with E-state index >= 15 is 0 Å². The summed E-state index contributed by atoms with van der Waals surface area (Å²) in [4.78, 5) is 16.7. The number of hydrogen-bond donors (Lipinski definition) is 1. The molecule has 20 heavy (non-hydrogen) atoms. The van der Waals surface area contributed by atoms with E-state index in [-0.39, 0.29) is 11.3 Å². The second kappa shape index (κ2) is 5.45. The molecule has 0 spiro atoms. The number of nitrogens with zero attached hydrogens (tertiary/aromatic N) is 1. The summed E-state index contributed by atoms with van der Waals surface area (Å²) in [7, 11) is 0. The third kappa shape index (κ3) is 2.31. The van der Waals surface area contributed by atoms with E-state index in [1.165, 1.54) is 0 Å². The summed E-state index contributed by atoms with van der Waals surface area (Å²) in [6.07, 6.45) is 6.53. The van der Waals surface area contributed by atoms with Gasteiger partial charge in [0.15, 0.2) is 0 Å². The monoisotopic (exact) mass is 266 g/mol. The predicted octanol–water partition coefficient (Wildman–Crippen LogP) is 2.82. The number of pyridine rings is 1. The van der Waals surface area contributed by atoms with Gasteiger partial charge < -0.3 is 5.32 Å². The van der Waals surface area contributed by atoms with Gasteiger partial charge in [0, 0.05) is 18.9 Å². The quantitative estimate of drug-likeness (QED) is 0.924. The van der Waals surface area contributed by atoms with Gasteiger partial charge in [0.1, 0.15) is 0 Å². The summed E-state index contributed by atoms with van der Waals surface area (Å²) in [5.41, 5.74) is 1.85. The van der Waals surface area contributed by atoms with E-state index in [0.717, 1.165) is 30.4 Å². The van der Waals surface area contributed by atoms with Gasteiger partial charge >= 0.3 is 0 Å². The molecule has 0 bridgehead atoms. The molecule has 3 nitrogen and oxygen atoms in total. The molecule has 1 aliphatic carbocycles. The lowest BCUT2D eigenvalue weighted by Gasteiger charge is -2.40. The minimum absolute atomic E-state index is 0.138. The summed E-state index contributed by atoms with van der Waals surface area (Å²) in [6, 6.07) is 14.0. The maximum Gasteiger partial charge on any atom is 0.230 e. The number of amides is 1. The highest BCUT2D eigenvalue weighted by Gasteiger charge is 2.45. The lowest BCUT2D eigenvalue weighted by Crippen LogP contribution is -2.48. The number of carbonyl (C=O) groups excluding carboxylic acids is 1. The Labute approximate surface area is 119 Å². The average Bonchev–Trinajstić information content (AvgIpc) is 2.46. The molecule has 0 atom stereocenters. The third-order valence-electron chi connectivity index (χ3n) is 4.14. The summed E-state index contributed by atoms with van der Waals surface area (Å²) < 4.78 is 0. The molecule has 3 heteroatoms. The first-order valence-electron chi connectivity index (χ1n) is 7.04. The van der Waals surface area contributed by atoms with Gasteiger partial charge in [-0.05, 0) is 30.0 Å². The van der Waals surface area contributed by atoms with Gasteiger partial charge in [0.2, 0.25) is 5.91 Å². The third-order valence-corrected chi connectivity index (χ3v) is 4.14. The van der Waals surface area contributed by atoms with E-state index in [2.05, 4.69) is 22.4 Å². The van der Waals surface area contributed by atoms with Crippen molar-refractivity contribution in [1.82, 2.24) is 10.3 Å². The topological polar surface area (TPSA) is 42.0 Å². The fourth-order valence-electron chi connectivity index (χ4n) is 2.79. The lowest BCUT2D eigenvalue weighted by molar-refractivity contribution is -0.130. The normalized spacial score (nSPS) is 16.2. The second-order valence-electron chi connectivity index (χ2n) is 5.35. The number of hydrogen-bond acceptors (Lipinski definition) is 2. The van der Waals surface area contributed by atoms with E-state index in [1.807, 2.05) is 30.3 Å². The van der Waals surface area contributed by atoms with Crippen molar-refractivity contribution in [3.63, 3.8) is 0 Å². The molecule has 1 aliphatic rings.